The van der Waals surface area contributed by atoms with Crippen molar-refractivity contribution in [2.24, 2.45) is 0 Å². The number of hydrogen-bond donors (Lipinski definition) is 1. The van der Waals surface area contributed by atoms with Crippen molar-refractivity contribution >= 4 is 11.8 Å². The Labute approximate surface area is 143 Å². The van der Waals surface area contributed by atoms with Crippen molar-refractivity contribution in [2.45, 2.75) is 50.7 Å². The predicted molar refractivity (Wildman–Crippen MR) is 91.3 cm³/mol. The second-order valence-electron chi connectivity index (χ2n) is 6.57. The molecule has 2 saturated heterocycles. The normalized spacial score (nSPS) is 22.4. The van der Waals surface area contributed by atoms with Crippen LogP contribution in [0, 0.1) is 0 Å². The average Bonchev–Trinajstić information content (AvgIpc) is 3.11. The fourth-order valence-electron chi connectivity index (χ4n) is 3.53. The van der Waals surface area contributed by atoms with Gasteiger partial charge in [-0.2, -0.15) is 0 Å². The van der Waals surface area contributed by atoms with E-state index in [9.17, 15) is 9.59 Å². The van der Waals surface area contributed by atoms with Gasteiger partial charge in [-0.1, -0.05) is 30.3 Å². The van der Waals surface area contributed by atoms with E-state index < -0.39 is 6.04 Å². The zero-order chi connectivity index (χ0) is 16.8. The molecule has 0 unspecified atom stereocenters. The van der Waals surface area contributed by atoms with Gasteiger partial charge in [0.2, 0.25) is 11.8 Å². The van der Waals surface area contributed by atoms with Gasteiger partial charge in [-0.05, 0) is 37.7 Å². The monoisotopic (exact) mass is 330 g/mol. The molecule has 3 rings (SSSR count). The highest BCUT2D eigenvalue weighted by atomic mass is 16.5. The zero-order valence-electron chi connectivity index (χ0n) is 14.1. The highest BCUT2D eigenvalue weighted by Crippen LogP contribution is 2.26. The van der Waals surface area contributed by atoms with E-state index in [1.807, 2.05) is 30.3 Å². The van der Waals surface area contributed by atoms with Crippen LogP contribution in [0.5, 0.6) is 0 Å². The summed E-state index contributed by atoms with van der Waals surface area (Å²) in [5.74, 6) is -0.0150. The molecule has 0 saturated carbocycles. The smallest absolute Gasteiger partial charge is 0.247 e. The average molecular weight is 330 g/mol. The largest absolute Gasteiger partial charge is 0.378 e. The van der Waals surface area contributed by atoms with Crippen molar-refractivity contribution in [3.05, 3.63) is 35.9 Å². The van der Waals surface area contributed by atoms with E-state index in [1.165, 1.54) is 0 Å². The van der Waals surface area contributed by atoms with Crippen molar-refractivity contribution in [1.29, 1.82) is 0 Å². The van der Waals surface area contributed by atoms with Crippen LogP contribution in [-0.2, 0) is 14.3 Å². The van der Waals surface area contributed by atoms with E-state index in [0.717, 1.165) is 44.3 Å². The first-order valence-electron chi connectivity index (χ1n) is 8.99. The molecule has 130 valence electrons. The second kappa shape index (κ2) is 8.29. The Kier molecular flexibility index (Phi) is 5.86. The van der Waals surface area contributed by atoms with Gasteiger partial charge in [-0.15, -0.1) is 0 Å². The molecular weight excluding hydrogens is 304 g/mol. The maximum Gasteiger partial charge on any atom is 0.247 e. The molecule has 1 aromatic rings. The van der Waals surface area contributed by atoms with Crippen LogP contribution < -0.4 is 5.32 Å². The van der Waals surface area contributed by atoms with Crippen molar-refractivity contribution in [2.75, 3.05) is 19.7 Å². The number of nitrogens with one attached hydrogen (secondary N) is 1. The summed E-state index contributed by atoms with van der Waals surface area (Å²) in [4.78, 5) is 26.9. The fourth-order valence-corrected chi connectivity index (χ4v) is 3.53. The quantitative estimate of drug-likeness (QED) is 0.871. The Hall–Kier alpha value is -1.88. The van der Waals surface area contributed by atoms with Crippen LogP contribution in [-0.4, -0.2) is 42.5 Å². The third kappa shape index (κ3) is 4.15. The minimum atomic E-state index is -0.525. The van der Waals surface area contributed by atoms with Crippen LogP contribution in [0.4, 0.5) is 0 Å². The number of piperidine rings is 1. The van der Waals surface area contributed by atoms with E-state index >= 15 is 0 Å². The number of nitrogens with zero attached hydrogens (tertiary/aromatic N) is 1. The van der Waals surface area contributed by atoms with E-state index in [4.69, 9.17) is 4.74 Å². The Balaban J connectivity index is 1.66. The summed E-state index contributed by atoms with van der Waals surface area (Å²) in [5.41, 5.74) is 0.877. The molecule has 0 aromatic heterocycles. The van der Waals surface area contributed by atoms with Gasteiger partial charge >= 0.3 is 0 Å². The minimum Gasteiger partial charge on any atom is -0.378 e. The lowest BCUT2D eigenvalue weighted by Crippen LogP contribution is -2.46. The highest BCUT2D eigenvalue weighted by molar-refractivity contribution is 5.89. The van der Waals surface area contributed by atoms with Gasteiger partial charge < -0.3 is 15.0 Å². The Morgan fingerprint density at radius 3 is 2.79 bits per heavy atom. The molecule has 2 fully saturated rings. The number of amides is 2. The predicted octanol–water partition coefficient (Wildman–Crippen LogP) is 2.43. The summed E-state index contributed by atoms with van der Waals surface area (Å²) in [6.45, 7) is 2.07. The molecule has 2 amide bonds. The van der Waals surface area contributed by atoms with E-state index in [-0.39, 0.29) is 17.9 Å². The summed E-state index contributed by atoms with van der Waals surface area (Å²) in [6.07, 6.45) is 5.68. The van der Waals surface area contributed by atoms with Crippen molar-refractivity contribution in [3.8, 4) is 0 Å². The minimum absolute atomic E-state index is 0.0735. The van der Waals surface area contributed by atoms with Crippen LogP contribution in [0.15, 0.2) is 30.3 Å². The number of ether oxygens (including phenoxy) is 1. The standard InChI is InChI=1S/C19H26N2O3/c22-17-10-4-5-13-21(17)18(15-7-2-1-3-8-15)19(23)20-12-11-16-9-6-14-24-16/h1-3,7-8,16,18H,4-6,9-14H2,(H,20,23)/t16-,18-/m1/s1. The molecule has 5 nitrogen and oxygen atoms in total. The lowest BCUT2D eigenvalue weighted by molar-refractivity contribution is -0.142. The summed E-state index contributed by atoms with van der Waals surface area (Å²) >= 11 is 0. The molecule has 5 heteroatoms. The highest BCUT2D eigenvalue weighted by Gasteiger charge is 2.32. The van der Waals surface area contributed by atoms with Gasteiger partial charge in [-0.25, -0.2) is 0 Å². The second-order valence-corrected chi connectivity index (χ2v) is 6.57. The van der Waals surface area contributed by atoms with Crippen LogP contribution in [0.3, 0.4) is 0 Å². The first-order chi connectivity index (χ1) is 11.8. The maximum absolute atomic E-state index is 12.8. The molecule has 0 aliphatic carbocycles. The van der Waals surface area contributed by atoms with Gasteiger partial charge in [0.15, 0.2) is 0 Å². The molecule has 2 atom stereocenters. The third-order valence-electron chi connectivity index (χ3n) is 4.82. The topological polar surface area (TPSA) is 58.6 Å². The summed E-state index contributed by atoms with van der Waals surface area (Å²) in [5, 5.41) is 3.01. The third-order valence-corrected chi connectivity index (χ3v) is 4.82. The number of rotatable bonds is 6. The van der Waals surface area contributed by atoms with E-state index in [1.54, 1.807) is 4.90 Å². The number of hydrogen-bond acceptors (Lipinski definition) is 3. The SMILES string of the molecule is O=C(NCC[C@H]1CCCO1)[C@@H](c1ccccc1)N1CCCCC1=O. The summed E-state index contributed by atoms with van der Waals surface area (Å²) in [6, 6.07) is 9.07. The maximum atomic E-state index is 12.8. The molecule has 24 heavy (non-hydrogen) atoms. The first kappa shape index (κ1) is 17.0. The molecule has 1 N–H and O–H groups in total. The number of carbonyl (C=O) groups is 2. The lowest BCUT2D eigenvalue weighted by Gasteiger charge is -2.34. The molecule has 2 aliphatic heterocycles. The summed E-state index contributed by atoms with van der Waals surface area (Å²) in [7, 11) is 0. The van der Waals surface area contributed by atoms with Crippen LogP contribution >= 0.6 is 0 Å². The van der Waals surface area contributed by atoms with Crippen molar-refractivity contribution in [3.63, 3.8) is 0 Å². The van der Waals surface area contributed by atoms with Gasteiger partial charge in [0.05, 0.1) is 6.10 Å². The van der Waals surface area contributed by atoms with E-state index in [2.05, 4.69) is 5.32 Å². The number of carbonyl (C=O) groups excluding carboxylic acids is 2. The molecule has 0 spiro atoms. The molecule has 2 aliphatic rings. The Bertz CT molecular complexity index is 555. The fraction of sp³-hybridized carbons (Fsp3) is 0.579. The summed E-state index contributed by atoms with van der Waals surface area (Å²) < 4.78 is 5.60. The number of likely N-dealkylation sites (tertiary alicyclic amines) is 1. The van der Waals surface area contributed by atoms with Gasteiger partial charge in [0.1, 0.15) is 6.04 Å². The zero-order valence-corrected chi connectivity index (χ0v) is 14.1. The molecule has 0 bridgehead atoms. The van der Waals surface area contributed by atoms with Gasteiger partial charge in [0.25, 0.3) is 0 Å². The first-order valence-corrected chi connectivity index (χ1v) is 8.99. The Morgan fingerprint density at radius 2 is 2.08 bits per heavy atom. The van der Waals surface area contributed by atoms with Crippen LogP contribution in [0.25, 0.3) is 0 Å². The molecule has 2 heterocycles. The number of benzene rings is 1. The van der Waals surface area contributed by atoms with Crippen LogP contribution in [0.1, 0.15) is 50.1 Å². The van der Waals surface area contributed by atoms with Crippen molar-refractivity contribution in [1.82, 2.24) is 10.2 Å². The van der Waals surface area contributed by atoms with Crippen molar-refractivity contribution < 1.29 is 14.3 Å². The van der Waals surface area contributed by atoms with E-state index in [0.29, 0.717) is 19.5 Å². The van der Waals surface area contributed by atoms with Gasteiger partial charge in [-0.3, -0.25) is 9.59 Å². The molecule has 1 aromatic carbocycles. The van der Waals surface area contributed by atoms with Crippen LogP contribution in [0.2, 0.25) is 0 Å². The van der Waals surface area contributed by atoms with Gasteiger partial charge in [0, 0.05) is 26.1 Å². The molecule has 0 radical (unpaired) electrons. The molecular formula is C19H26N2O3. The lowest BCUT2D eigenvalue weighted by atomic mass is 10.0. The Morgan fingerprint density at radius 1 is 1.25 bits per heavy atom.